The molecule has 0 aliphatic heterocycles. The van der Waals surface area contributed by atoms with Crippen LogP contribution in [0.5, 0.6) is 5.75 Å². The number of methoxy groups -OCH3 is 1. The van der Waals surface area contributed by atoms with Gasteiger partial charge in [0.2, 0.25) is 0 Å². The second kappa shape index (κ2) is 4.78. The van der Waals surface area contributed by atoms with Crippen molar-refractivity contribution < 1.29 is 9.53 Å². The predicted molar refractivity (Wildman–Crippen MR) is 70.1 cm³/mol. The highest BCUT2D eigenvalue weighted by Gasteiger charge is 2.47. The van der Waals surface area contributed by atoms with Gasteiger partial charge in [-0.05, 0) is 36.6 Å². The van der Waals surface area contributed by atoms with Crippen molar-refractivity contribution in [1.82, 2.24) is 0 Å². The fraction of sp³-hybridized carbons (Fsp3) is 0.462. The van der Waals surface area contributed by atoms with Crippen LogP contribution in [0.25, 0.3) is 0 Å². The zero-order valence-electron chi connectivity index (χ0n) is 9.83. The summed E-state index contributed by atoms with van der Waals surface area (Å²) in [6.45, 7) is 0.466. The summed E-state index contributed by atoms with van der Waals surface area (Å²) in [6, 6.07) is 5.67. The van der Waals surface area contributed by atoms with Crippen LogP contribution in [0.1, 0.15) is 18.4 Å². The molecule has 0 radical (unpaired) electrons. The lowest BCUT2D eigenvalue weighted by Gasteiger charge is -2.12. The van der Waals surface area contributed by atoms with Crippen LogP contribution < -0.4 is 10.5 Å². The number of hydrogen-bond donors (Lipinski definition) is 1. The van der Waals surface area contributed by atoms with Crippen molar-refractivity contribution in [3.63, 3.8) is 0 Å². The molecule has 1 aliphatic rings. The molecular formula is C13H16BrNO2. The number of nitrogens with two attached hydrogens (primary N) is 1. The predicted octanol–water partition coefficient (Wildman–Crippen LogP) is 2.31. The van der Waals surface area contributed by atoms with E-state index < -0.39 is 0 Å². The standard InChI is InChI=1S/C13H16BrNO2/c1-17-10-2-3-11(14)9(6-10)7-12(16)13(8-15)4-5-13/h2-3,6H,4-5,7-8,15H2,1H3. The number of Topliss-reactive ketones (excluding diaryl/α,β-unsaturated/α-hetero) is 1. The SMILES string of the molecule is COc1ccc(Br)c(CC(=O)C2(CN)CC2)c1. The molecule has 17 heavy (non-hydrogen) atoms. The van der Waals surface area contributed by atoms with Gasteiger partial charge in [0.05, 0.1) is 7.11 Å². The van der Waals surface area contributed by atoms with Crippen molar-refractivity contribution in [2.75, 3.05) is 13.7 Å². The molecule has 2 N–H and O–H groups in total. The van der Waals surface area contributed by atoms with Crippen LogP contribution >= 0.6 is 15.9 Å². The van der Waals surface area contributed by atoms with E-state index in [0.717, 1.165) is 28.6 Å². The third-order valence-electron chi connectivity index (χ3n) is 3.44. The highest BCUT2D eigenvalue weighted by Crippen LogP contribution is 2.46. The van der Waals surface area contributed by atoms with Crippen molar-refractivity contribution in [2.24, 2.45) is 11.1 Å². The molecule has 0 aromatic heterocycles. The summed E-state index contributed by atoms with van der Waals surface area (Å²) in [7, 11) is 1.62. The Morgan fingerprint density at radius 2 is 2.24 bits per heavy atom. The minimum Gasteiger partial charge on any atom is -0.497 e. The molecule has 0 heterocycles. The van der Waals surface area contributed by atoms with Crippen LogP contribution in [-0.2, 0) is 11.2 Å². The molecule has 0 unspecified atom stereocenters. The van der Waals surface area contributed by atoms with E-state index in [0.29, 0.717) is 13.0 Å². The maximum absolute atomic E-state index is 12.1. The lowest BCUT2D eigenvalue weighted by Crippen LogP contribution is -2.26. The average Bonchev–Trinajstić information content (AvgIpc) is 3.13. The molecule has 1 aromatic rings. The van der Waals surface area contributed by atoms with E-state index in [4.69, 9.17) is 10.5 Å². The summed E-state index contributed by atoms with van der Waals surface area (Å²) in [6.07, 6.45) is 2.29. The van der Waals surface area contributed by atoms with Crippen LogP contribution in [0.2, 0.25) is 0 Å². The van der Waals surface area contributed by atoms with Crippen molar-refractivity contribution in [1.29, 1.82) is 0 Å². The third-order valence-corrected chi connectivity index (χ3v) is 4.21. The van der Waals surface area contributed by atoms with Gasteiger partial charge in [0, 0.05) is 22.9 Å². The Morgan fingerprint density at radius 3 is 2.76 bits per heavy atom. The molecule has 0 amide bonds. The van der Waals surface area contributed by atoms with Gasteiger partial charge < -0.3 is 10.5 Å². The van der Waals surface area contributed by atoms with Crippen LogP contribution in [0.3, 0.4) is 0 Å². The van der Waals surface area contributed by atoms with E-state index in [2.05, 4.69) is 15.9 Å². The normalized spacial score (nSPS) is 16.6. The fourth-order valence-electron chi connectivity index (χ4n) is 1.92. The van der Waals surface area contributed by atoms with Gasteiger partial charge in [0.25, 0.3) is 0 Å². The van der Waals surface area contributed by atoms with Crippen molar-refractivity contribution in [3.8, 4) is 5.75 Å². The number of carbonyl (C=O) groups is 1. The summed E-state index contributed by atoms with van der Waals surface area (Å²) < 4.78 is 6.11. The van der Waals surface area contributed by atoms with Gasteiger partial charge in [0.1, 0.15) is 11.5 Å². The topological polar surface area (TPSA) is 52.3 Å². The molecule has 92 valence electrons. The maximum atomic E-state index is 12.1. The zero-order chi connectivity index (χ0) is 12.5. The number of benzene rings is 1. The molecule has 1 fully saturated rings. The van der Waals surface area contributed by atoms with E-state index >= 15 is 0 Å². The zero-order valence-corrected chi connectivity index (χ0v) is 11.4. The smallest absolute Gasteiger partial charge is 0.144 e. The van der Waals surface area contributed by atoms with E-state index in [1.165, 1.54) is 0 Å². The molecule has 2 rings (SSSR count). The minimum atomic E-state index is -0.234. The second-order valence-electron chi connectivity index (χ2n) is 4.54. The van der Waals surface area contributed by atoms with E-state index in [9.17, 15) is 4.79 Å². The highest BCUT2D eigenvalue weighted by atomic mass is 79.9. The first-order chi connectivity index (χ1) is 8.11. The Hall–Kier alpha value is -0.870. The molecule has 0 atom stereocenters. The average molecular weight is 298 g/mol. The summed E-state index contributed by atoms with van der Waals surface area (Å²) in [5.41, 5.74) is 6.39. The van der Waals surface area contributed by atoms with Crippen LogP contribution in [0.4, 0.5) is 0 Å². The molecule has 1 aromatic carbocycles. The summed E-state index contributed by atoms with van der Waals surface area (Å²) in [5, 5.41) is 0. The fourth-order valence-corrected chi connectivity index (χ4v) is 2.31. The first kappa shape index (κ1) is 12.6. The van der Waals surface area contributed by atoms with Gasteiger partial charge in [-0.1, -0.05) is 15.9 Å². The highest BCUT2D eigenvalue weighted by molar-refractivity contribution is 9.10. The van der Waals surface area contributed by atoms with Gasteiger partial charge in [0.15, 0.2) is 0 Å². The minimum absolute atomic E-state index is 0.234. The van der Waals surface area contributed by atoms with E-state index in [-0.39, 0.29) is 11.2 Å². The molecule has 4 heteroatoms. The molecule has 3 nitrogen and oxygen atoms in total. The monoisotopic (exact) mass is 297 g/mol. The van der Waals surface area contributed by atoms with Gasteiger partial charge >= 0.3 is 0 Å². The first-order valence-corrected chi connectivity index (χ1v) is 6.46. The maximum Gasteiger partial charge on any atom is 0.144 e. The molecular weight excluding hydrogens is 282 g/mol. The van der Waals surface area contributed by atoms with E-state index in [1.807, 2.05) is 18.2 Å². The van der Waals surface area contributed by atoms with Crippen molar-refractivity contribution in [2.45, 2.75) is 19.3 Å². The van der Waals surface area contributed by atoms with Crippen LogP contribution in [0.15, 0.2) is 22.7 Å². The lowest BCUT2D eigenvalue weighted by molar-refractivity contribution is -0.123. The van der Waals surface area contributed by atoms with Crippen molar-refractivity contribution >= 4 is 21.7 Å². The lowest BCUT2D eigenvalue weighted by atomic mass is 9.95. The van der Waals surface area contributed by atoms with Gasteiger partial charge in [-0.25, -0.2) is 0 Å². The Bertz CT molecular complexity index is 441. The number of ether oxygens (including phenoxy) is 1. The molecule has 0 spiro atoms. The number of ketones is 1. The number of halogens is 1. The molecule has 0 bridgehead atoms. The molecule has 1 aliphatic carbocycles. The Morgan fingerprint density at radius 1 is 1.53 bits per heavy atom. The second-order valence-corrected chi connectivity index (χ2v) is 5.40. The number of carbonyl (C=O) groups excluding carboxylic acids is 1. The summed E-state index contributed by atoms with van der Waals surface area (Å²) in [4.78, 5) is 12.1. The summed E-state index contributed by atoms with van der Waals surface area (Å²) >= 11 is 3.46. The Balaban J connectivity index is 2.15. The van der Waals surface area contributed by atoms with Crippen LogP contribution in [-0.4, -0.2) is 19.4 Å². The number of hydrogen-bond acceptors (Lipinski definition) is 3. The van der Waals surface area contributed by atoms with Gasteiger partial charge in [-0.15, -0.1) is 0 Å². The quantitative estimate of drug-likeness (QED) is 0.907. The number of rotatable bonds is 5. The summed E-state index contributed by atoms with van der Waals surface area (Å²) in [5.74, 6) is 1.02. The first-order valence-electron chi connectivity index (χ1n) is 5.67. The third kappa shape index (κ3) is 2.53. The Labute approximate surface area is 109 Å². The molecule has 1 saturated carbocycles. The van der Waals surface area contributed by atoms with Gasteiger partial charge in [-0.3, -0.25) is 4.79 Å². The van der Waals surface area contributed by atoms with Gasteiger partial charge in [-0.2, -0.15) is 0 Å². The van der Waals surface area contributed by atoms with Crippen molar-refractivity contribution in [3.05, 3.63) is 28.2 Å². The van der Waals surface area contributed by atoms with E-state index in [1.54, 1.807) is 7.11 Å². The largest absolute Gasteiger partial charge is 0.497 e. The Kier molecular flexibility index (Phi) is 3.54. The molecule has 0 saturated heterocycles. The van der Waals surface area contributed by atoms with Crippen LogP contribution in [0, 0.1) is 5.41 Å².